The zero-order valence-corrected chi connectivity index (χ0v) is 13.9. The molecule has 0 aliphatic carbocycles. The monoisotopic (exact) mass is 318 g/mol. The molecule has 1 aliphatic heterocycles. The number of hydrogen-bond acceptors (Lipinski definition) is 4. The van der Waals surface area contributed by atoms with Crippen molar-refractivity contribution in [3.63, 3.8) is 0 Å². The summed E-state index contributed by atoms with van der Waals surface area (Å²) in [6, 6.07) is 16.7. The number of para-hydroxylation sites is 1. The first-order valence-electron chi connectivity index (χ1n) is 8.61. The van der Waals surface area contributed by atoms with E-state index in [0.29, 0.717) is 0 Å². The molecule has 4 nitrogen and oxygen atoms in total. The lowest BCUT2D eigenvalue weighted by molar-refractivity contribution is 0.438. The maximum atomic E-state index is 4.39. The third-order valence-electron chi connectivity index (χ3n) is 4.82. The first-order valence-corrected chi connectivity index (χ1v) is 8.61. The summed E-state index contributed by atoms with van der Waals surface area (Å²) < 4.78 is 0. The zero-order valence-electron chi connectivity index (χ0n) is 13.9. The number of hydrogen-bond donors (Lipinski definition) is 1. The molecule has 2 heterocycles. The molecule has 0 bridgehead atoms. The van der Waals surface area contributed by atoms with E-state index in [2.05, 4.69) is 51.4 Å². The average Bonchev–Trinajstić information content (AvgIpc) is 2.63. The number of rotatable bonds is 3. The van der Waals surface area contributed by atoms with E-state index in [1.165, 1.54) is 18.5 Å². The van der Waals surface area contributed by atoms with Gasteiger partial charge in [0.1, 0.15) is 12.1 Å². The summed E-state index contributed by atoms with van der Waals surface area (Å²) in [5, 5.41) is 4.45. The molecular weight excluding hydrogens is 296 g/mol. The third kappa shape index (κ3) is 3.04. The van der Waals surface area contributed by atoms with Crippen LogP contribution in [0.4, 0.5) is 17.2 Å². The van der Waals surface area contributed by atoms with Gasteiger partial charge in [-0.3, -0.25) is 0 Å². The molecule has 0 unspecified atom stereocenters. The summed E-state index contributed by atoms with van der Waals surface area (Å²) in [7, 11) is 0. The lowest BCUT2D eigenvalue weighted by atomic mass is 9.99. The van der Waals surface area contributed by atoms with Crippen LogP contribution in [0.3, 0.4) is 0 Å². The fourth-order valence-electron chi connectivity index (χ4n) is 3.26. The Labute approximate surface area is 142 Å². The van der Waals surface area contributed by atoms with Crippen LogP contribution in [0.15, 0.2) is 54.9 Å². The molecule has 2 aromatic carbocycles. The topological polar surface area (TPSA) is 41.0 Å². The molecule has 122 valence electrons. The number of aromatic nitrogens is 2. The van der Waals surface area contributed by atoms with E-state index in [-0.39, 0.29) is 0 Å². The Hall–Kier alpha value is -2.62. The number of nitrogens with zero attached hydrogens (tertiary/aromatic N) is 3. The molecule has 1 N–H and O–H groups in total. The number of fused-ring (bicyclic) bond motifs is 1. The Balaban J connectivity index is 1.53. The molecular formula is C20H22N4. The Bertz CT molecular complexity index is 815. The second-order valence-electron chi connectivity index (χ2n) is 6.58. The molecule has 1 saturated heterocycles. The van der Waals surface area contributed by atoms with Crippen molar-refractivity contribution >= 4 is 28.1 Å². The van der Waals surface area contributed by atoms with E-state index >= 15 is 0 Å². The fourth-order valence-corrected chi connectivity index (χ4v) is 3.26. The van der Waals surface area contributed by atoms with Gasteiger partial charge >= 0.3 is 0 Å². The predicted molar refractivity (Wildman–Crippen MR) is 99.9 cm³/mol. The van der Waals surface area contributed by atoms with E-state index < -0.39 is 0 Å². The van der Waals surface area contributed by atoms with Gasteiger partial charge in [0.2, 0.25) is 0 Å². The van der Waals surface area contributed by atoms with Crippen LogP contribution in [0.2, 0.25) is 0 Å². The number of benzene rings is 2. The van der Waals surface area contributed by atoms with E-state index in [0.717, 1.165) is 41.4 Å². The van der Waals surface area contributed by atoms with Crippen LogP contribution >= 0.6 is 0 Å². The smallest absolute Gasteiger partial charge is 0.141 e. The molecule has 1 aromatic heterocycles. The van der Waals surface area contributed by atoms with E-state index in [4.69, 9.17) is 0 Å². The quantitative estimate of drug-likeness (QED) is 0.765. The highest BCUT2D eigenvalue weighted by molar-refractivity contribution is 5.90. The minimum absolute atomic E-state index is 0.847. The molecule has 24 heavy (non-hydrogen) atoms. The van der Waals surface area contributed by atoms with Gasteiger partial charge in [-0.05, 0) is 55.2 Å². The number of piperidine rings is 1. The molecule has 0 atom stereocenters. The van der Waals surface area contributed by atoms with E-state index in [1.807, 2.05) is 24.3 Å². The summed E-state index contributed by atoms with van der Waals surface area (Å²) in [4.78, 5) is 11.2. The van der Waals surface area contributed by atoms with Crippen LogP contribution in [0.5, 0.6) is 0 Å². The summed E-state index contributed by atoms with van der Waals surface area (Å²) in [6.45, 7) is 4.66. The van der Waals surface area contributed by atoms with Gasteiger partial charge in [-0.25, -0.2) is 9.97 Å². The molecule has 0 spiro atoms. The van der Waals surface area contributed by atoms with E-state index in [9.17, 15) is 0 Å². The van der Waals surface area contributed by atoms with Crippen molar-refractivity contribution in [2.24, 2.45) is 5.92 Å². The average molecular weight is 318 g/mol. The van der Waals surface area contributed by atoms with Crippen molar-refractivity contribution in [2.75, 3.05) is 23.3 Å². The van der Waals surface area contributed by atoms with Gasteiger partial charge in [0, 0.05) is 29.9 Å². The molecule has 0 amide bonds. The van der Waals surface area contributed by atoms with E-state index in [1.54, 1.807) is 6.33 Å². The maximum absolute atomic E-state index is 4.39. The molecule has 3 aromatic rings. The summed E-state index contributed by atoms with van der Waals surface area (Å²) >= 11 is 0. The van der Waals surface area contributed by atoms with Gasteiger partial charge in [0.25, 0.3) is 0 Å². The van der Waals surface area contributed by atoms with Gasteiger partial charge in [0.05, 0.1) is 5.52 Å². The first kappa shape index (κ1) is 14.9. The molecule has 1 fully saturated rings. The summed E-state index contributed by atoms with van der Waals surface area (Å²) in [5.41, 5.74) is 3.31. The van der Waals surface area contributed by atoms with Crippen LogP contribution in [0, 0.1) is 5.92 Å². The summed E-state index contributed by atoms with van der Waals surface area (Å²) in [6.07, 6.45) is 4.17. The SMILES string of the molecule is CC1CCN(c2ccc(Nc3ncnc4ccccc34)cc2)CC1. The van der Waals surface area contributed by atoms with Crippen LogP contribution < -0.4 is 10.2 Å². The van der Waals surface area contributed by atoms with Crippen molar-refractivity contribution < 1.29 is 0 Å². The van der Waals surface area contributed by atoms with Crippen LogP contribution in [-0.2, 0) is 0 Å². The highest BCUT2D eigenvalue weighted by Gasteiger charge is 2.15. The van der Waals surface area contributed by atoms with Crippen molar-refractivity contribution in [1.82, 2.24) is 9.97 Å². The molecule has 0 radical (unpaired) electrons. The third-order valence-corrected chi connectivity index (χ3v) is 4.82. The Morgan fingerprint density at radius 1 is 0.958 bits per heavy atom. The van der Waals surface area contributed by atoms with Crippen molar-refractivity contribution in [3.8, 4) is 0 Å². The highest BCUT2D eigenvalue weighted by Crippen LogP contribution is 2.26. The first-order chi connectivity index (χ1) is 11.8. The lowest BCUT2D eigenvalue weighted by Crippen LogP contribution is -2.32. The van der Waals surface area contributed by atoms with Gasteiger partial charge < -0.3 is 10.2 Å². The largest absolute Gasteiger partial charge is 0.372 e. The van der Waals surface area contributed by atoms with Crippen molar-refractivity contribution in [1.29, 1.82) is 0 Å². The lowest BCUT2D eigenvalue weighted by Gasteiger charge is -2.32. The Morgan fingerprint density at radius 2 is 1.71 bits per heavy atom. The standard InChI is InChI=1S/C20H22N4/c1-15-10-12-24(13-11-15)17-8-6-16(7-9-17)23-20-18-4-2-3-5-19(18)21-14-22-20/h2-9,14-15H,10-13H2,1H3,(H,21,22,23). The minimum Gasteiger partial charge on any atom is -0.372 e. The zero-order chi connectivity index (χ0) is 16.4. The number of nitrogens with one attached hydrogen (secondary N) is 1. The normalized spacial score (nSPS) is 15.6. The predicted octanol–water partition coefficient (Wildman–Crippen LogP) is 4.61. The van der Waals surface area contributed by atoms with Crippen LogP contribution in [0.1, 0.15) is 19.8 Å². The van der Waals surface area contributed by atoms with Gasteiger partial charge in [0.15, 0.2) is 0 Å². The maximum Gasteiger partial charge on any atom is 0.141 e. The summed E-state index contributed by atoms with van der Waals surface area (Å²) in [5.74, 6) is 1.70. The Kier molecular flexibility index (Phi) is 4.03. The van der Waals surface area contributed by atoms with Crippen molar-refractivity contribution in [3.05, 3.63) is 54.9 Å². The fraction of sp³-hybridized carbons (Fsp3) is 0.300. The van der Waals surface area contributed by atoms with Crippen LogP contribution in [-0.4, -0.2) is 23.1 Å². The Morgan fingerprint density at radius 3 is 2.50 bits per heavy atom. The molecule has 1 aliphatic rings. The second-order valence-corrected chi connectivity index (χ2v) is 6.58. The van der Waals surface area contributed by atoms with Gasteiger partial charge in [-0.1, -0.05) is 19.1 Å². The van der Waals surface area contributed by atoms with Gasteiger partial charge in [-0.15, -0.1) is 0 Å². The highest BCUT2D eigenvalue weighted by atomic mass is 15.1. The van der Waals surface area contributed by atoms with Crippen molar-refractivity contribution in [2.45, 2.75) is 19.8 Å². The molecule has 4 rings (SSSR count). The molecule has 4 heteroatoms. The van der Waals surface area contributed by atoms with Gasteiger partial charge in [-0.2, -0.15) is 0 Å². The minimum atomic E-state index is 0.847. The second kappa shape index (κ2) is 6.48. The molecule has 0 saturated carbocycles. The van der Waals surface area contributed by atoms with Crippen LogP contribution in [0.25, 0.3) is 10.9 Å². The number of anilines is 3.